The molecule has 15 heavy (non-hydrogen) atoms. The van der Waals surface area contributed by atoms with Gasteiger partial charge in [0, 0.05) is 18.1 Å². The minimum Gasteiger partial charge on any atom is -0.356 e. The largest absolute Gasteiger partial charge is 0.356 e. The molecule has 84 valence electrons. The summed E-state index contributed by atoms with van der Waals surface area (Å²) in [5, 5.41) is 8.01. The average molecular weight is 213 g/mol. The minimum atomic E-state index is 0.00569. The minimum absolute atomic E-state index is 0.00569. The van der Waals surface area contributed by atoms with Crippen LogP contribution in [-0.2, 0) is 14.4 Å². The first-order valence-electron chi connectivity index (χ1n) is 4.89. The number of carbonyl (C=O) groups excluding carboxylic acids is 3. The number of rotatable bonds is 6. The predicted molar refractivity (Wildman–Crippen MR) is 52.8 cm³/mol. The molecule has 1 aliphatic carbocycles. The molecule has 0 aromatic heterocycles. The summed E-state index contributed by atoms with van der Waals surface area (Å²) in [7, 11) is 0. The second-order valence-electron chi connectivity index (χ2n) is 3.65. The first kappa shape index (κ1) is 11.5. The van der Waals surface area contributed by atoms with E-state index in [1.807, 2.05) is 0 Å². The Morgan fingerprint density at radius 3 is 1.13 bits per heavy atom. The van der Waals surface area contributed by atoms with Crippen molar-refractivity contribution in [3.8, 4) is 0 Å². The summed E-state index contributed by atoms with van der Waals surface area (Å²) >= 11 is 0. The fourth-order valence-corrected chi connectivity index (χ4v) is 2.02. The van der Waals surface area contributed by atoms with Crippen molar-refractivity contribution in [1.82, 2.24) is 16.0 Å². The summed E-state index contributed by atoms with van der Waals surface area (Å²) < 4.78 is 0. The van der Waals surface area contributed by atoms with Gasteiger partial charge in [-0.2, -0.15) is 0 Å². The van der Waals surface area contributed by atoms with Crippen molar-refractivity contribution in [3.05, 3.63) is 0 Å². The van der Waals surface area contributed by atoms with Gasteiger partial charge in [0.05, 0.1) is 0 Å². The van der Waals surface area contributed by atoms with Crippen LogP contribution in [0.3, 0.4) is 0 Å². The van der Waals surface area contributed by atoms with Crippen LogP contribution in [-0.4, -0.2) is 37.4 Å². The van der Waals surface area contributed by atoms with Crippen molar-refractivity contribution in [1.29, 1.82) is 0 Å². The molecule has 0 aromatic carbocycles. The molecule has 1 aliphatic rings. The third-order valence-electron chi connectivity index (χ3n) is 2.62. The molecule has 0 atom stereocenters. The molecule has 0 aliphatic heterocycles. The Kier molecular flexibility index (Phi) is 4.59. The molecule has 0 unspecified atom stereocenters. The van der Waals surface area contributed by atoms with Gasteiger partial charge >= 0.3 is 0 Å². The number of amides is 3. The topological polar surface area (TPSA) is 87.3 Å². The van der Waals surface area contributed by atoms with Gasteiger partial charge in [0.1, 0.15) is 0 Å². The van der Waals surface area contributed by atoms with Crippen LogP contribution in [0.1, 0.15) is 19.3 Å². The Morgan fingerprint density at radius 2 is 0.933 bits per heavy atom. The highest BCUT2D eigenvalue weighted by atomic mass is 16.1. The van der Waals surface area contributed by atoms with E-state index in [1.165, 1.54) is 0 Å². The lowest BCUT2D eigenvalue weighted by atomic mass is 9.87. The van der Waals surface area contributed by atoms with Gasteiger partial charge in [-0.25, -0.2) is 0 Å². The Morgan fingerprint density at radius 1 is 0.667 bits per heavy atom. The maximum absolute atomic E-state index is 10.3. The summed E-state index contributed by atoms with van der Waals surface area (Å²) in [5.74, 6) is 0. The van der Waals surface area contributed by atoms with Crippen LogP contribution >= 0.6 is 0 Å². The van der Waals surface area contributed by atoms with Gasteiger partial charge in [0.15, 0.2) is 0 Å². The van der Waals surface area contributed by atoms with Gasteiger partial charge in [-0.15, -0.1) is 0 Å². The lowest BCUT2D eigenvalue weighted by Gasteiger charge is -2.33. The van der Waals surface area contributed by atoms with E-state index in [9.17, 15) is 14.4 Å². The van der Waals surface area contributed by atoms with Crippen molar-refractivity contribution < 1.29 is 14.4 Å². The maximum atomic E-state index is 10.3. The van der Waals surface area contributed by atoms with Crippen molar-refractivity contribution in [3.63, 3.8) is 0 Å². The number of carbonyl (C=O) groups is 3. The summed E-state index contributed by atoms with van der Waals surface area (Å²) in [6, 6.07) is 0.0171. The normalized spacial score (nSPS) is 30.0. The highest BCUT2D eigenvalue weighted by Gasteiger charge is 2.27. The van der Waals surface area contributed by atoms with E-state index in [-0.39, 0.29) is 18.1 Å². The fraction of sp³-hybridized carbons (Fsp3) is 0.667. The molecule has 6 heteroatoms. The van der Waals surface area contributed by atoms with Crippen LogP contribution in [0.25, 0.3) is 0 Å². The first-order valence-corrected chi connectivity index (χ1v) is 4.89. The molecular formula is C9H15N3O3. The molecule has 0 heterocycles. The van der Waals surface area contributed by atoms with Crippen LogP contribution in [0.15, 0.2) is 0 Å². The molecule has 0 aromatic rings. The molecule has 3 amide bonds. The SMILES string of the molecule is O=CNC1CC(NC=O)CC(NC=O)C1. The van der Waals surface area contributed by atoms with Crippen molar-refractivity contribution >= 4 is 19.2 Å². The van der Waals surface area contributed by atoms with Crippen molar-refractivity contribution in [2.24, 2.45) is 0 Å². The average Bonchev–Trinajstić information content (AvgIpc) is 2.19. The van der Waals surface area contributed by atoms with Crippen LogP contribution in [0, 0.1) is 0 Å². The van der Waals surface area contributed by atoms with Gasteiger partial charge in [0.2, 0.25) is 19.2 Å². The third kappa shape index (κ3) is 3.57. The summed E-state index contributed by atoms with van der Waals surface area (Å²) in [4.78, 5) is 30.9. The predicted octanol–water partition coefficient (Wildman–Crippen LogP) is -1.49. The van der Waals surface area contributed by atoms with Gasteiger partial charge in [-0.1, -0.05) is 0 Å². The second-order valence-corrected chi connectivity index (χ2v) is 3.65. The van der Waals surface area contributed by atoms with Gasteiger partial charge in [-0.05, 0) is 19.3 Å². The second kappa shape index (κ2) is 6.00. The Hall–Kier alpha value is -1.59. The molecule has 1 fully saturated rings. The van der Waals surface area contributed by atoms with E-state index in [0.29, 0.717) is 38.5 Å². The third-order valence-corrected chi connectivity index (χ3v) is 2.62. The maximum Gasteiger partial charge on any atom is 0.207 e. The summed E-state index contributed by atoms with van der Waals surface area (Å²) in [6.07, 6.45) is 4.04. The zero-order chi connectivity index (χ0) is 11.1. The molecule has 0 radical (unpaired) electrons. The first-order chi connectivity index (χ1) is 7.30. The molecule has 0 saturated heterocycles. The van der Waals surface area contributed by atoms with E-state index in [2.05, 4.69) is 16.0 Å². The highest BCUT2D eigenvalue weighted by Crippen LogP contribution is 2.18. The standard InChI is InChI=1S/C9H15N3O3/c13-4-10-7-1-8(11-5-14)3-9(2-7)12-6-15/h4-9H,1-3H2,(H,10,13)(H,11,14)(H,12,15). The smallest absolute Gasteiger partial charge is 0.207 e. The highest BCUT2D eigenvalue weighted by molar-refractivity contribution is 5.49. The molecule has 1 rings (SSSR count). The molecule has 0 bridgehead atoms. The van der Waals surface area contributed by atoms with E-state index in [4.69, 9.17) is 0 Å². The Bertz CT molecular complexity index is 191. The van der Waals surface area contributed by atoms with E-state index in [1.54, 1.807) is 0 Å². The van der Waals surface area contributed by atoms with Gasteiger partial charge in [-0.3, -0.25) is 14.4 Å². The van der Waals surface area contributed by atoms with Crippen LogP contribution in [0.2, 0.25) is 0 Å². The Balaban J connectivity index is 2.50. The lowest BCUT2D eigenvalue weighted by molar-refractivity contribution is -0.110. The number of hydrogen-bond acceptors (Lipinski definition) is 3. The molecule has 6 nitrogen and oxygen atoms in total. The zero-order valence-electron chi connectivity index (χ0n) is 8.31. The Labute approximate surface area is 87.8 Å². The summed E-state index contributed by atoms with van der Waals surface area (Å²) in [6.45, 7) is 0. The van der Waals surface area contributed by atoms with Gasteiger partial charge in [0.25, 0.3) is 0 Å². The van der Waals surface area contributed by atoms with Crippen molar-refractivity contribution in [2.45, 2.75) is 37.4 Å². The van der Waals surface area contributed by atoms with E-state index < -0.39 is 0 Å². The van der Waals surface area contributed by atoms with Crippen LogP contribution in [0.5, 0.6) is 0 Å². The lowest BCUT2D eigenvalue weighted by Crippen LogP contribution is -2.50. The van der Waals surface area contributed by atoms with Crippen molar-refractivity contribution in [2.75, 3.05) is 0 Å². The fourth-order valence-electron chi connectivity index (χ4n) is 2.02. The monoisotopic (exact) mass is 213 g/mol. The van der Waals surface area contributed by atoms with Crippen LogP contribution in [0.4, 0.5) is 0 Å². The zero-order valence-corrected chi connectivity index (χ0v) is 8.31. The van der Waals surface area contributed by atoms with Crippen LogP contribution < -0.4 is 16.0 Å². The van der Waals surface area contributed by atoms with E-state index >= 15 is 0 Å². The summed E-state index contributed by atoms with van der Waals surface area (Å²) in [5.41, 5.74) is 0. The number of hydrogen-bond donors (Lipinski definition) is 3. The molecule has 0 spiro atoms. The number of nitrogens with one attached hydrogen (secondary N) is 3. The molecule has 3 N–H and O–H groups in total. The molecular weight excluding hydrogens is 198 g/mol. The quantitative estimate of drug-likeness (QED) is 0.470. The molecule has 1 saturated carbocycles. The van der Waals surface area contributed by atoms with Gasteiger partial charge < -0.3 is 16.0 Å². The van der Waals surface area contributed by atoms with E-state index in [0.717, 1.165) is 0 Å².